The van der Waals surface area contributed by atoms with Crippen molar-refractivity contribution in [1.82, 2.24) is 0 Å². The molecule has 0 saturated carbocycles. The van der Waals surface area contributed by atoms with E-state index in [2.05, 4.69) is 5.32 Å². The molecule has 0 fully saturated rings. The highest BCUT2D eigenvalue weighted by molar-refractivity contribution is 5.97. The third-order valence-corrected chi connectivity index (χ3v) is 3.67. The first-order valence-corrected chi connectivity index (χ1v) is 7.68. The summed E-state index contributed by atoms with van der Waals surface area (Å²) in [5.41, 5.74) is 1.51. The van der Waals surface area contributed by atoms with E-state index in [1.807, 2.05) is 0 Å². The predicted octanol–water partition coefficient (Wildman–Crippen LogP) is 2.09. The second kappa shape index (κ2) is 7.23. The fourth-order valence-corrected chi connectivity index (χ4v) is 2.25. The Morgan fingerprint density at radius 2 is 1.88 bits per heavy atom. The first-order valence-electron chi connectivity index (χ1n) is 7.68. The van der Waals surface area contributed by atoms with Crippen molar-refractivity contribution in [3.8, 4) is 11.5 Å². The Morgan fingerprint density at radius 1 is 1.16 bits per heavy atom. The quantitative estimate of drug-likeness (QED) is 0.808. The average molecular weight is 343 g/mol. The third kappa shape index (κ3) is 3.89. The van der Waals surface area contributed by atoms with Crippen LogP contribution in [0.4, 0.5) is 5.69 Å². The smallest absolute Gasteiger partial charge is 0.338 e. The zero-order valence-electron chi connectivity index (χ0n) is 13.5. The van der Waals surface area contributed by atoms with Crippen molar-refractivity contribution in [3.05, 3.63) is 53.6 Å². The SMILES string of the molecule is CC(OC(=O)c1ccc(CO)cc1)C(=O)Nc1ccc2c(c1)OCO2. The molecule has 2 N–H and O–H groups in total. The number of aliphatic hydroxyl groups is 1. The molecule has 0 aromatic heterocycles. The van der Waals surface area contributed by atoms with Gasteiger partial charge in [-0.15, -0.1) is 0 Å². The normalized spacial score (nSPS) is 13.2. The second-order valence-corrected chi connectivity index (χ2v) is 5.46. The van der Waals surface area contributed by atoms with Crippen LogP contribution in [-0.2, 0) is 16.1 Å². The molecule has 0 radical (unpaired) electrons. The summed E-state index contributed by atoms with van der Waals surface area (Å²) in [4.78, 5) is 24.3. The molecule has 1 heterocycles. The molecule has 3 rings (SSSR count). The minimum atomic E-state index is -0.976. The number of nitrogens with one attached hydrogen (secondary N) is 1. The van der Waals surface area contributed by atoms with Crippen molar-refractivity contribution < 1.29 is 28.9 Å². The number of ether oxygens (including phenoxy) is 3. The van der Waals surface area contributed by atoms with Crippen molar-refractivity contribution >= 4 is 17.6 Å². The molecule has 0 bridgehead atoms. The summed E-state index contributed by atoms with van der Waals surface area (Å²) in [5, 5.41) is 11.7. The van der Waals surface area contributed by atoms with Crippen molar-refractivity contribution in [1.29, 1.82) is 0 Å². The molecular weight excluding hydrogens is 326 g/mol. The fraction of sp³-hybridized carbons (Fsp3) is 0.222. The van der Waals surface area contributed by atoms with Gasteiger partial charge in [0.05, 0.1) is 12.2 Å². The van der Waals surface area contributed by atoms with E-state index in [0.717, 1.165) is 0 Å². The van der Waals surface area contributed by atoms with E-state index in [-0.39, 0.29) is 13.4 Å². The maximum atomic E-state index is 12.2. The average Bonchev–Trinajstić information content (AvgIpc) is 3.09. The van der Waals surface area contributed by atoms with Crippen molar-refractivity contribution in [2.45, 2.75) is 19.6 Å². The van der Waals surface area contributed by atoms with Crippen LogP contribution in [0, 0.1) is 0 Å². The first-order chi connectivity index (χ1) is 12.1. The highest BCUT2D eigenvalue weighted by Crippen LogP contribution is 2.34. The topological polar surface area (TPSA) is 94.1 Å². The fourth-order valence-electron chi connectivity index (χ4n) is 2.25. The highest BCUT2D eigenvalue weighted by Gasteiger charge is 2.20. The van der Waals surface area contributed by atoms with Gasteiger partial charge in [-0.1, -0.05) is 12.1 Å². The Hall–Kier alpha value is -3.06. The Balaban J connectivity index is 1.59. The molecule has 7 heteroatoms. The van der Waals surface area contributed by atoms with Crippen molar-refractivity contribution in [3.63, 3.8) is 0 Å². The monoisotopic (exact) mass is 343 g/mol. The maximum Gasteiger partial charge on any atom is 0.338 e. The van der Waals surface area contributed by atoms with Crippen molar-refractivity contribution in [2.75, 3.05) is 12.1 Å². The van der Waals surface area contributed by atoms with E-state index in [1.54, 1.807) is 30.3 Å². The summed E-state index contributed by atoms with van der Waals surface area (Å²) in [6, 6.07) is 11.3. The molecule has 2 aromatic carbocycles. The van der Waals surface area contributed by atoms with Crippen LogP contribution in [0.5, 0.6) is 11.5 Å². The summed E-state index contributed by atoms with van der Waals surface area (Å²) in [5.74, 6) is 0.0900. The van der Waals surface area contributed by atoms with Crippen LogP contribution in [0.1, 0.15) is 22.8 Å². The minimum Gasteiger partial charge on any atom is -0.454 e. The van der Waals surface area contributed by atoms with Gasteiger partial charge in [-0.3, -0.25) is 4.79 Å². The number of amides is 1. The third-order valence-electron chi connectivity index (χ3n) is 3.67. The second-order valence-electron chi connectivity index (χ2n) is 5.46. The zero-order valence-corrected chi connectivity index (χ0v) is 13.5. The summed E-state index contributed by atoms with van der Waals surface area (Å²) in [6.45, 7) is 1.53. The number of hydrogen-bond acceptors (Lipinski definition) is 6. The standard InChI is InChI=1S/C18H17NO6/c1-11(25-18(22)13-4-2-12(9-20)3-5-13)17(21)19-14-6-7-15-16(8-14)24-10-23-15/h2-8,11,20H,9-10H2,1H3,(H,19,21). The number of esters is 1. The molecular formula is C18H17NO6. The van der Waals surface area contributed by atoms with Crippen LogP contribution < -0.4 is 14.8 Å². The van der Waals surface area contributed by atoms with Gasteiger partial charge in [0.1, 0.15) is 0 Å². The van der Waals surface area contributed by atoms with Gasteiger partial charge in [-0.05, 0) is 36.8 Å². The van der Waals surface area contributed by atoms with Crippen LogP contribution in [0.25, 0.3) is 0 Å². The van der Waals surface area contributed by atoms with Gasteiger partial charge < -0.3 is 24.6 Å². The zero-order chi connectivity index (χ0) is 17.8. The molecule has 0 saturated heterocycles. The molecule has 7 nitrogen and oxygen atoms in total. The number of fused-ring (bicyclic) bond motifs is 1. The largest absolute Gasteiger partial charge is 0.454 e. The van der Waals surface area contributed by atoms with Gasteiger partial charge in [0.2, 0.25) is 6.79 Å². The van der Waals surface area contributed by atoms with Crippen molar-refractivity contribution in [2.24, 2.45) is 0 Å². The van der Waals surface area contributed by atoms with Gasteiger partial charge in [0, 0.05) is 11.8 Å². The van der Waals surface area contributed by atoms with Crippen LogP contribution in [0.3, 0.4) is 0 Å². The molecule has 130 valence electrons. The number of carbonyl (C=O) groups is 2. The van der Waals surface area contributed by atoms with Crippen LogP contribution in [0.2, 0.25) is 0 Å². The lowest BCUT2D eigenvalue weighted by Crippen LogP contribution is -2.30. The highest BCUT2D eigenvalue weighted by atomic mass is 16.7. The number of hydrogen-bond donors (Lipinski definition) is 2. The minimum absolute atomic E-state index is 0.107. The number of carbonyl (C=O) groups excluding carboxylic acids is 2. The Labute approximate surface area is 144 Å². The summed E-state index contributed by atoms with van der Waals surface area (Å²) < 4.78 is 15.6. The molecule has 1 aliphatic heterocycles. The number of anilines is 1. The summed E-state index contributed by atoms with van der Waals surface area (Å²) in [7, 11) is 0. The van der Waals surface area contributed by atoms with Gasteiger partial charge in [-0.2, -0.15) is 0 Å². The molecule has 1 unspecified atom stereocenters. The molecule has 0 spiro atoms. The van der Waals surface area contributed by atoms with E-state index in [1.165, 1.54) is 19.1 Å². The predicted molar refractivity (Wildman–Crippen MR) is 88.4 cm³/mol. The Kier molecular flexibility index (Phi) is 4.85. The Bertz CT molecular complexity index is 787. The van der Waals surface area contributed by atoms with Gasteiger partial charge in [0.25, 0.3) is 5.91 Å². The van der Waals surface area contributed by atoms with Crippen LogP contribution in [-0.4, -0.2) is 29.9 Å². The molecule has 0 aliphatic carbocycles. The first kappa shape index (κ1) is 16.8. The number of benzene rings is 2. The molecule has 25 heavy (non-hydrogen) atoms. The van der Waals surface area contributed by atoms with E-state index < -0.39 is 18.0 Å². The molecule has 2 aromatic rings. The van der Waals surface area contributed by atoms with Crippen LogP contribution in [0.15, 0.2) is 42.5 Å². The maximum absolute atomic E-state index is 12.2. The lowest BCUT2D eigenvalue weighted by atomic mass is 10.1. The van der Waals surface area contributed by atoms with E-state index in [4.69, 9.17) is 19.3 Å². The van der Waals surface area contributed by atoms with Gasteiger partial charge in [0.15, 0.2) is 17.6 Å². The van der Waals surface area contributed by atoms with Gasteiger partial charge >= 0.3 is 5.97 Å². The lowest BCUT2D eigenvalue weighted by molar-refractivity contribution is -0.123. The van der Waals surface area contributed by atoms with E-state index >= 15 is 0 Å². The summed E-state index contributed by atoms with van der Waals surface area (Å²) >= 11 is 0. The Morgan fingerprint density at radius 3 is 2.60 bits per heavy atom. The van der Waals surface area contributed by atoms with Gasteiger partial charge in [-0.25, -0.2) is 4.79 Å². The van der Waals surface area contributed by atoms with Crippen LogP contribution >= 0.6 is 0 Å². The van der Waals surface area contributed by atoms with E-state index in [9.17, 15) is 9.59 Å². The molecule has 1 aliphatic rings. The lowest BCUT2D eigenvalue weighted by Gasteiger charge is -2.14. The van der Waals surface area contributed by atoms with E-state index in [0.29, 0.717) is 28.3 Å². The molecule has 1 atom stereocenters. The number of rotatable bonds is 5. The molecule has 1 amide bonds. The number of aliphatic hydroxyl groups excluding tert-OH is 1. The summed E-state index contributed by atoms with van der Waals surface area (Å²) in [6.07, 6.45) is -0.976.